The molecule has 1 heterocycles. The van der Waals surface area contributed by atoms with Gasteiger partial charge in [0, 0.05) is 19.5 Å². The fourth-order valence-electron chi connectivity index (χ4n) is 3.23. The van der Waals surface area contributed by atoms with Crippen molar-refractivity contribution in [3.63, 3.8) is 0 Å². The number of halogens is 7. The fraction of sp³-hybridized carbons (Fsp3) is 0.300. The lowest BCUT2D eigenvalue weighted by Crippen LogP contribution is -2.28. The van der Waals surface area contributed by atoms with Gasteiger partial charge in [0.1, 0.15) is 5.82 Å². The highest BCUT2D eigenvalue weighted by Gasteiger charge is 2.38. The van der Waals surface area contributed by atoms with Gasteiger partial charge in [-0.3, -0.25) is 9.59 Å². The summed E-state index contributed by atoms with van der Waals surface area (Å²) in [5, 5.41) is 2.32. The largest absolute Gasteiger partial charge is 0.416 e. The summed E-state index contributed by atoms with van der Waals surface area (Å²) >= 11 is 0. The monoisotopic (exact) mass is 448 g/mol. The summed E-state index contributed by atoms with van der Waals surface area (Å²) in [6, 6.07) is 6.40. The molecule has 1 fully saturated rings. The van der Waals surface area contributed by atoms with Crippen molar-refractivity contribution in [3.8, 4) is 0 Å². The van der Waals surface area contributed by atoms with Gasteiger partial charge in [0.05, 0.1) is 22.7 Å². The maximum absolute atomic E-state index is 13.7. The van der Waals surface area contributed by atoms with Crippen molar-refractivity contribution in [1.82, 2.24) is 4.90 Å². The maximum atomic E-state index is 13.7. The Hall–Kier alpha value is -3.11. The van der Waals surface area contributed by atoms with Gasteiger partial charge in [0.25, 0.3) is 0 Å². The molecular formula is C20H15F7N2O2. The normalized spacial score (nSPS) is 17.2. The molecule has 0 spiro atoms. The van der Waals surface area contributed by atoms with Crippen LogP contribution >= 0.6 is 0 Å². The number of benzene rings is 2. The van der Waals surface area contributed by atoms with Crippen LogP contribution in [-0.2, 0) is 28.5 Å². The van der Waals surface area contributed by atoms with E-state index in [1.54, 1.807) is 0 Å². The van der Waals surface area contributed by atoms with Gasteiger partial charge in [-0.1, -0.05) is 12.1 Å². The standard InChI is InChI=1S/C20H15F7N2O2/c21-15-3-1-2-4-16(15)28-18(31)12-7-17(30)29(10-12)9-11-5-13(19(22,23)24)8-14(6-11)20(25,26)27/h1-6,8,12H,7,9-10H2,(H,28,31). The summed E-state index contributed by atoms with van der Waals surface area (Å²) in [4.78, 5) is 25.5. The molecule has 2 amide bonds. The maximum Gasteiger partial charge on any atom is 0.416 e. The van der Waals surface area contributed by atoms with Crippen molar-refractivity contribution in [1.29, 1.82) is 0 Å². The van der Waals surface area contributed by atoms with Crippen molar-refractivity contribution in [2.75, 3.05) is 11.9 Å². The van der Waals surface area contributed by atoms with Crippen LogP contribution < -0.4 is 5.32 Å². The molecule has 0 aromatic heterocycles. The highest BCUT2D eigenvalue weighted by Crippen LogP contribution is 2.37. The molecule has 11 heteroatoms. The van der Waals surface area contributed by atoms with Gasteiger partial charge in [-0.05, 0) is 35.9 Å². The second-order valence-corrected chi connectivity index (χ2v) is 7.06. The third kappa shape index (κ3) is 5.33. The molecule has 0 saturated carbocycles. The Balaban J connectivity index is 1.77. The van der Waals surface area contributed by atoms with E-state index in [9.17, 15) is 40.3 Å². The summed E-state index contributed by atoms with van der Waals surface area (Å²) in [6.45, 7) is -0.758. The molecular weight excluding hydrogens is 433 g/mol. The number of alkyl halides is 6. The third-order valence-corrected chi connectivity index (χ3v) is 4.74. The molecule has 0 radical (unpaired) electrons. The highest BCUT2D eigenvalue weighted by atomic mass is 19.4. The molecule has 2 aromatic carbocycles. The summed E-state index contributed by atoms with van der Waals surface area (Å²) in [6.07, 6.45) is -10.3. The van der Waals surface area contributed by atoms with Gasteiger partial charge in [-0.2, -0.15) is 26.3 Å². The molecule has 1 atom stereocenters. The molecule has 1 aliphatic rings. The average Bonchev–Trinajstić information content (AvgIpc) is 3.02. The van der Waals surface area contributed by atoms with Crippen LogP contribution in [0.4, 0.5) is 36.4 Å². The first kappa shape index (κ1) is 22.6. The second kappa shape index (κ2) is 8.20. The number of amides is 2. The smallest absolute Gasteiger partial charge is 0.338 e. The van der Waals surface area contributed by atoms with Gasteiger partial charge in [-0.15, -0.1) is 0 Å². The average molecular weight is 448 g/mol. The molecule has 1 N–H and O–H groups in total. The Morgan fingerprint density at radius 1 is 1.00 bits per heavy atom. The van der Waals surface area contributed by atoms with E-state index in [0.29, 0.717) is 12.1 Å². The second-order valence-electron chi connectivity index (χ2n) is 7.06. The summed E-state index contributed by atoms with van der Waals surface area (Å²) < 4.78 is 91.7. The molecule has 0 bridgehead atoms. The molecule has 1 unspecified atom stereocenters. The summed E-state index contributed by atoms with van der Waals surface area (Å²) in [5.41, 5.74) is -3.45. The summed E-state index contributed by atoms with van der Waals surface area (Å²) in [7, 11) is 0. The highest BCUT2D eigenvalue weighted by molar-refractivity contribution is 5.97. The Labute approximate surface area is 171 Å². The van der Waals surface area contributed by atoms with Crippen molar-refractivity contribution >= 4 is 17.5 Å². The molecule has 3 rings (SSSR count). The predicted molar refractivity (Wildman–Crippen MR) is 95.0 cm³/mol. The van der Waals surface area contributed by atoms with Crippen LogP contribution in [0.1, 0.15) is 23.1 Å². The number of anilines is 1. The van der Waals surface area contributed by atoms with Crippen LogP contribution in [0.15, 0.2) is 42.5 Å². The first-order valence-electron chi connectivity index (χ1n) is 8.96. The van der Waals surface area contributed by atoms with Crippen molar-refractivity contribution in [3.05, 3.63) is 65.0 Å². The van der Waals surface area contributed by atoms with Crippen LogP contribution in [-0.4, -0.2) is 23.3 Å². The van der Waals surface area contributed by atoms with E-state index in [1.807, 2.05) is 0 Å². The first-order valence-corrected chi connectivity index (χ1v) is 8.96. The quantitative estimate of drug-likeness (QED) is 0.680. The van der Waals surface area contributed by atoms with Crippen LogP contribution in [0, 0.1) is 11.7 Å². The third-order valence-electron chi connectivity index (χ3n) is 4.74. The minimum Gasteiger partial charge on any atom is -0.338 e. The van der Waals surface area contributed by atoms with Crippen LogP contribution in [0.5, 0.6) is 0 Å². The predicted octanol–water partition coefficient (Wildman–Crippen LogP) is 4.85. The number of hydrogen-bond donors (Lipinski definition) is 1. The Morgan fingerprint density at radius 3 is 2.13 bits per heavy atom. The van der Waals surface area contributed by atoms with Gasteiger partial charge in [-0.25, -0.2) is 4.39 Å². The van der Waals surface area contributed by atoms with E-state index in [1.165, 1.54) is 18.2 Å². The number of hydrogen-bond acceptors (Lipinski definition) is 2. The van der Waals surface area contributed by atoms with Gasteiger partial charge >= 0.3 is 12.4 Å². The number of nitrogens with zero attached hydrogens (tertiary/aromatic N) is 1. The lowest BCUT2D eigenvalue weighted by atomic mass is 10.0. The molecule has 31 heavy (non-hydrogen) atoms. The fourth-order valence-corrected chi connectivity index (χ4v) is 3.23. The number of para-hydroxylation sites is 1. The van der Waals surface area contributed by atoms with E-state index in [0.717, 1.165) is 11.0 Å². The van der Waals surface area contributed by atoms with Crippen LogP contribution in [0.3, 0.4) is 0 Å². The van der Waals surface area contributed by atoms with Gasteiger partial charge in [0.15, 0.2) is 0 Å². The van der Waals surface area contributed by atoms with Gasteiger partial charge in [0.2, 0.25) is 11.8 Å². The zero-order valence-electron chi connectivity index (χ0n) is 15.6. The van der Waals surface area contributed by atoms with Crippen molar-refractivity contribution in [2.24, 2.45) is 5.92 Å². The lowest BCUT2D eigenvalue weighted by molar-refractivity contribution is -0.143. The topological polar surface area (TPSA) is 49.4 Å². The van der Waals surface area contributed by atoms with E-state index in [2.05, 4.69) is 5.32 Å². The molecule has 0 aliphatic carbocycles. The Bertz CT molecular complexity index is 970. The number of nitrogens with one attached hydrogen (secondary N) is 1. The van der Waals surface area contributed by atoms with E-state index >= 15 is 0 Å². The molecule has 4 nitrogen and oxygen atoms in total. The number of carbonyl (C=O) groups is 2. The summed E-state index contributed by atoms with van der Waals surface area (Å²) in [5.74, 6) is -2.92. The number of rotatable bonds is 4. The Morgan fingerprint density at radius 2 is 1.58 bits per heavy atom. The van der Waals surface area contributed by atoms with Crippen LogP contribution in [0.2, 0.25) is 0 Å². The molecule has 1 aliphatic heterocycles. The van der Waals surface area contributed by atoms with E-state index in [4.69, 9.17) is 0 Å². The zero-order valence-corrected chi connectivity index (χ0v) is 15.6. The molecule has 166 valence electrons. The lowest BCUT2D eigenvalue weighted by Gasteiger charge is -2.19. The van der Waals surface area contributed by atoms with E-state index < -0.39 is 53.6 Å². The number of likely N-dealkylation sites (tertiary alicyclic amines) is 1. The minimum absolute atomic E-state index is 0.0000405. The van der Waals surface area contributed by atoms with Crippen molar-refractivity contribution in [2.45, 2.75) is 25.3 Å². The minimum atomic E-state index is -5.01. The number of carbonyl (C=O) groups excluding carboxylic acids is 2. The molecule has 1 saturated heterocycles. The van der Waals surface area contributed by atoms with Crippen LogP contribution in [0.25, 0.3) is 0 Å². The van der Waals surface area contributed by atoms with Crippen molar-refractivity contribution < 1.29 is 40.3 Å². The SMILES string of the molecule is O=C(Nc1ccccc1F)C1CC(=O)N(Cc2cc(C(F)(F)F)cc(C(F)(F)F)c2)C1. The molecule has 2 aromatic rings. The first-order chi connectivity index (χ1) is 14.3. The van der Waals surface area contributed by atoms with E-state index in [-0.39, 0.29) is 30.3 Å². The zero-order chi connectivity index (χ0) is 23.0. The Kier molecular flexibility index (Phi) is 5.97. The van der Waals surface area contributed by atoms with Gasteiger partial charge < -0.3 is 10.2 Å².